The summed E-state index contributed by atoms with van der Waals surface area (Å²) in [5.74, 6) is 0.268. The van der Waals surface area contributed by atoms with Gasteiger partial charge in [-0.1, -0.05) is 17.8 Å². The maximum Gasteiger partial charge on any atom is 0.177 e. The average Bonchev–Trinajstić information content (AvgIpc) is 2.92. The van der Waals surface area contributed by atoms with Crippen molar-refractivity contribution in [1.82, 2.24) is 5.01 Å². The molecular formula is C10H11N3O2S3. The molecule has 0 amide bonds. The van der Waals surface area contributed by atoms with E-state index in [0.29, 0.717) is 5.17 Å². The van der Waals surface area contributed by atoms with Gasteiger partial charge in [0.1, 0.15) is 0 Å². The Labute approximate surface area is 113 Å². The number of hydrogen-bond donors (Lipinski definition) is 1. The minimum atomic E-state index is -2.96. The highest BCUT2D eigenvalue weighted by Crippen LogP contribution is 2.37. The monoisotopic (exact) mass is 301 g/mol. The Morgan fingerprint density at radius 1 is 1.50 bits per heavy atom. The lowest BCUT2D eigenvalue weighted by Gasteiger charge is -2.16. The molecule has 3 rings (SSSR count). The zero-order valence-electron chi connectivity index (χ0n) is 9.31. The van der Waals surface area contributed by atoms with E-state index in [-0.39, 0.29) is 22.8 Å². The highest BCUT2D eigenvalue weighted by Gasteiger charge is 2.48. The first kappa shape index (κ1) is 12.2. The molecule has 2 aliphatic heterocycles. The predicted octanol–water partition coefficient (Wildman–Crippen LogP) is 1.23. The first-order valence-corrected chi connectivity index (χ1v) is 8.95. The van der Waals surface area contributed by atoms with Crippen LogP contribution in [0.5, 0.6) is 0 Å². The van der Waals surface area contributed by atoms with Gasteiger partial charge in [0.05, 0.1) is 23.8 Å². The standard InChI is InChI=1S/C10H11N3O2S3/c11-10-13(12-4-7-2-1-3-16-7)8-5-18(14,15)6-9(8)17-10/h1-4,8-9,11H,5-6H2/b11-10?,12-4-/t8-,9+/m1/s1. The second kappa shape index (κ2) is 4.36. The van der Waals surface area contributed by atoms with Crippen molar-refractivity contribution in [2.45, 2.75) is 11.3 Å². The normalized spacial score (nSPS) is 30.2. The van der Waals surface area contributed by atoms with E-state index in [2.05, 4.69) is 5.10 Å². The molecule has 1 N–H and O–H groups in total. The molecule has 0 saturated carbocycles. The summed E-state index contributed by atoms with van der Waals surface area (Å²) in [6.45, 7) is 0. The Morgan fingerprint density at radius 2 is 2.33 bits per heavy atom. The first-order chi connectivity index (χ1) is 8.55. The van der Waals surface area contributed by atoms with Gasteiger partial charge in [-0.3, -0.25) is 5.41 Å². The maximum atomic E-state index is 11.6. The van der Waals surface area contributed by atoms with Crippen molar-refractivity contribution in [3.63, 3.8) is 0 Å². The Hall–Kier alpha value is -0.860. The van der Waals surface area contributed by atoms with Gasteiger partial charge < -0.3 is 0 Å². The summed E-state index contributed by atoms with van der Waals surface area (Å²) in [7, 11) is -2.96. The van der Waals surface area contributed by atoms with Crippen LogP contribution in [0.2, 0.25) is 0 Å². The fourth-order valence-electron chi connectivity index (χ4n) is 2.11. The molecule has 0 radical (unpaired) electrons. The maximum absolute atomic E-state index is 11.6. The molecule has 0 bridgehead atoms. The third-order valence-corrected chi connectivity index (χ3v) is 6.84. The number of thiophene rings is 1. The van der Waals surface area contributed by atoms with Gasteiger partial charge in [-0.2, -0.15) is 5.10 Å². The van der Waals surface area contributed by atoms with Gasteiger partial charge >= 0.3 is 0 Å². The molecule has 96 valence electrons. The van der Waals surface area contributed by atoms with Crippen molar-refractivity contribution in [3.8, 4) is 0 Å². The SMILES string of the molecule is N=C1S[C@H]2CS(=O)(=O)C[C@H]2N1/N=C\c1cccs1. The lowest BCUT2D eigenvalue weighted by Crippen LogP contribution is -2.32. The van der Waals surface area contributed by atoms with Crippen molar-refractivity contribution in [1.29, 1.82) is 5.41 Å². The number of nitrogens with zero attached hydrogens (tertiary/aromatic N) is 2. The highest BCUT2D eigenvalue weighted by atomic mass is 32.2. The third kappa shape index (κ3) is 2.19. The first-order valence-electron chi connectivity index (χ1n) is 5.37. The number of thioether (sulfide) groups is 1. The van der Waals surface area contributed by atoms with Crippen molar-refractivity contribution < 1.29 is 8.42 Å². The molecular weight excluding hydrogens is 290 g/mol. The van der Waals surface area contributed by atoms with Crippen LogP contribution in [0.15, 0.2) is 22.6 Å². The number of sulfone groups is 1. The number of hydrogen-bond acceptors (Lipinski definition) is 6. The smallest absolute Gasteiger partial charge is 0.177 e. The summed E-state index contributed by atoms with van der Waals surface area (Å²) in [6, 6.07) is 3.69. The van der Waals surface area contributed by atoms with Crippen LogP contribution in [-0.4, -0.2) is 47.6 Å². The van der Waals surface area contributed by atoms with Crippen molar-refractivity contribution in [3.05, 3.63) is 22.4 Å². The zero-order chi connectivity index (χ0) is 12.8. The summed E-state index contributed by atoms with van der Waals surface area (Å²) in [5, 5.41) is 15.9. The van der Waals surface area contributed by atoms with Gasteiger partial charge in [0.25, 0.3) is 0 Å². The van der Waals surface area contributed by atoms with E-state index >= 15 is 0 Å². The minimum absolute atomic E-state index is 0.0389. The van der Waals surface area contributed by atoms with Gasteiger partial charge in [-0.05, 0) is 11.4 Å². The molecule has 2 atom stereocenters. The van der Waals surface area contributed by atoms with Crippen LogP contribution in [0.1, 0.15) is 4.88 Å². The summed E-state index contributed by atoms with van der Waals surface area (Å²) >= 11 is 2.86. The van der Waals surface area contributed by atoms with Crippen LogP contribution in [0.4, 0.5) is 0 Å². The Morgan fingerprint density at radius 3 is 3.06 bits per heavy atom. The fraction of sp³-hybridized carbons (Fsp3) is 0.400. The Bertz CT molecular complexity index is 594. The van der Waals surface area contributed by atoms with Crippen molar-refractivity contribution in [2.24, 2.45) is 5.10 Å². The molecule has 2 fully saturated rings. The molecule has 0 aliphatic carbocycles. The second-order valence-corrected chi connectivity index (χ2v) is 8.57. The van der Waals surface area contributed by atoms with E-state index in [1.807, 2.05) is 17.5 Å². The molecule has 1 aromatic rings. The summed E-state index contributed by atoms with van der Waals surface area (Å²) < 4.78 is 23.1. The van der Waals surface area contributed by atoms with E-state index in [4.69, 9.17) is 5.41 Å². The molecule has 2 saturated heterocycles. The number of fused-ring (bicyclic) bond motifs is 1. The molecule has 3 heterocycles. The van der Waals surface area contributed by atoms with Crippen LogP contribution in [0.3, 0.4) is 0 Å². The van der Waals surface area contributed by atoms with E-state index in [0.717, 1.165) is 4.88 Å². The Balaban J connectivity index is 1.81. The van der Waals surface area contributed by atoms with Crippen molar-refractivity contribution >= 4 is 44.3 Å². The van der Waals surface area contributed by atoms with Gasteiger partial charge in [-0.25, -0.2) is 13.4 Å². The number of nitrogens with one attached hydrogen (secondary N) is 1. The molecule has 5 nitrogen and oxygen atoms in total. The van der Waals surface area contributed by atoms with Crippen LogP contribution >= 0.6 is 23.1 Å². The lowest BCUT2D eigenvalue weighted by atomic mass is 10.2. The van der Waals surface area contributed by atoms with Gasteiger partial charge in [-0.15, -0.1) is 11.3 Å². The quantitative estimate of drug-likeness (QED) is 0.834. The molecule has 1 aromatic heterocycles. The van der Waals surface area contributed by atoms with E-state index in [1.165, 1.54) is 11.8 Å². The summed E-state index contributed by atoms with van der Waals surface area (Å²) in [6.07, 6.45) is 1.69. The van der Waals surface area contributed by atoms with E-state index < -0.39 is 9.84 Å². The van der Waals surface area contributed by atoms with Gasteiger partial charge in [0.2, 0.25) is 0 Å². The lowest BCUT2D eigenvalue weighted by molar-refractivity contribution is 0.376. The number of rotatable bonds is 2. The van der Waals surface area contributed by atoms with E-state index in [1.54, 1.807) is 22.6 Å². The van der Waals surface area contributed by atoms with Crippen LogP contribution in [0.25, 0.3) is 0 Å². The van der Waals surface area contributed by atoms with Crippen LogP contribution in [0, 0.1) is 5.41 Å². The molecule has 18 heavy (non-hydrogen) atoms. The van der Waals surface area contributed by atoms with Crippen LogP contribution < -0.4 is 0 Å². The largest absolute Gasteiger partial charge is 0.277 e. The molecule has 2 aliphatic rings. The second-order valence-electron chi connectivity index (χ2n) is 4.21. The van der Waals surface area contributed by atoms with Crippen LogP contribution in [-0.2, 0) is 9.84 Å². The zero-order valence-corrected chi connectivity index (χ0v) is 11.8. The third-order valence-electron chi connectivity index (χ3n) is 2.91. The predicted molar refractivity (Wildman–Crippen MR) is 75.3 cm³/mol. The Kier molecular flexibility index (Phi) is 2.95. The molecule has 8 heteroatoms. The summed E-state index contributed by atoms with van der Waals surface area (Å²) in [4.78, 5) is 0.997. The highest BCUT2D eigenvalue weighted by molar-refractivity contribution is 8.15. The van der Waals surface area contributed by atoms with Gasteiger partial charge in [0, 0.05) is 10.1 Å². The minimum Gasteiger partial charge on any atom is -0.277 e. The number of amidine groups is 1. The summed E-state index contributed by atoms with van der Waals surface area (Å²) in [5.41, 5.74) is 0. The topological polar surface area (TPSA) is 73.6 Å². The number of hydrazone groups is 1. The fourth-order valence-corrected chi connectivity index (χ4v) is 6.40. The molecule has 0 aromatic carbocycles. The molecule has 0 spiro atoms. The van der Waals surface area contributed by atoms with Gasteiger partial charge in [0.15, 0.2) is 15.0 Å². The average molecular weight is 301 g/mol. The molecule has 0 unspecified atom stereocenters. The van der Waals surface area contributed by atoms with E-state index in [9.17, 15) is 8.42 Å². The van der Waals surface area contributed by atoms with Crippen molar-refractivity contribution in [2.75, 3.05) is 11.5 Å².